The monoisotopic (exact) mass is 254 g/mol. The van der Waals surface area contributed by atoms with E-state index in [1.165, 1.54) is 0 Å². The molecule has 1 rings (SSSR count). The van der Waals surface area contributed by atoms with Crippen molar-refractivity contribution in [2.75, 3.05) is 6.54 Å². The summed E-state index contributed by atoms with van der Waals surface area (Å²) in [5, 5.41) is 11.7. The fraction of sp³-hybridized carbons (Fsp3) is 0.583. The molecule has 4 N–H and O–H groups in total. The highest BCUT2D eigenvalue weighted by atomic mass is 16.4. The zero-order chi connectivity index (χ0) is 13.5. The van der Waals surface area contributed by atoms with Gasteiger partial charge in [0, 0.05) is 13.0 Å². The second-order valence-electron chi connectivity index (χ2n) is 4.35. The number of hydrogen-bond acceptors (Lipinski definition) is 3. The molecule has 2 unspecified atom stereocenters. The maximum Gasteiger partial charge on any atom is 0.307 e. The third-order valence-corrected chi connectivity index (χ3v) is 2.99. The van der Waals surface area contributed by atoms with E-state index in [0.717, 1.165) is 0 Å². The van der Waals surface area contributed by atoms with E-state index >= 15 is 0 Å². The molecule has 0 saturated heterocycles. The Morgan fingerprint density at radius 1 is 1.22 bits per heavy atom. The van der Waals surface area contributed by atoms with Crippen LogP contribution in [0.15, 0.2) is 12.2 Å². The first-order chi connectivity index (χ1) is 8.52. The number of nitrogens with two attached hydrogens (primary N) is 1. The van der Waals surface area contributed by atoms with Gasteiger partial charge in [-0.25, -0.2) is 0 Å². The number of carbonyl (C=O) groups is 3. The van der Waals surface area contributed by atoms with Gasteiger partial charge < -0.3 is 16.2 Å². The van der Waals surface area contributed by atoms with Gasteiger partial charge in [0.15, 0.2) is 0 Å². The van der Waals surface area contributed by atoms with Crippen molar-refractivity contribution in [2.24, 2.45) is 17.6 Å². The lowest BCUT2D eigenvalue weighted by molar-refractivity contribution is -0.147. The largest absolute Gasteiger partial charge is 0.481 e. The van der Waals surface area contributed by atoms with Crippen LogP contribution in [0.5, 0.6) is 0 Å². The van der Waals surface area contributed by atoms with Crippen molar-refractivity contribution in [1.29, 1.82) is 0 Å². The number of carboxylic acid groups (broad SMARTS) is 1. The molecule has 6 nitrogen and oxygen atoms in total. The molecule has 0 spiro atoms. The summed E-state index contributed by atoms with van der Waals surface area (Å²) in [5.74, 6) is -2.81. The van der Waals surface area contributed by atoms with Crippen LogP contribution in [0.2, 0.25) is 0 Å². The second-order valence-corrected chi connectivity index (χ2v) is 4.35. The number of nitrogens with one attached hydrogen (secondary N) is 1. The van der Waals surface area contributed by atoms with Crippen molar-refractivity contribution in [3.05, 3.63) is 12.2 Å². The molecule has 0 radical (unpaired) electrons. The van der Waals surface area contributed by atoms with Crippen LogP contribution >= 0.6 is 0 Å². The van der Waals surface area contributed by atoms with Crippen LogP contribution in [0.1, 0.15) is 25.7 Å². The molecule has 6 heteroatoms. The molecular formula is C12H18N2O4. The topological polar surface area (TPSA) is 109 Å². The van der Waals surface area contributed by atoms with Gasteiger partial charge in [-0.2, -0.15) is 0 Å². The quantitative estimate of drug-likeness (QED) is 0.459. The first-order valence-electron chi connectivity index (χ1n) is 5.96. The molecule has 0 aromatic carbocycles. The molecule has 100 valence electrons. The van der Waals surface area contributed by atoms with E-state index in [2.05, 4.69) is 5.32 Å². The zero-order valence-corrected chi connectivity index (χ0v) is 10.1. The molecule has 2 atom stereocenters. The van der Waals surface area contributed by atoms with Crippen molar-refractivity contribution in [1.82, 2.24) is 5.32 Å². The summed E-state index contributed by atoms with van der Waals surface area (Å²) in [6.45, 7) is 0.342. The highest BCUT2D eigenvalue weighted by Crippen LogP contribution is 2.25. The molecule has 0 aromatic rings. The predicted octanol–water partition coefficient (Wildman–Crippen LogP) is 0.0351. The average Bonchev–Trinajstić information content (AvgIpc) is 2.34. The van der Waals surface area contributed by atoms with Crippen molar-refractivity contribution in [3.63, 3.8) is 0 Å². The number of allylic oxidation sites excluding steroid dienone is 2. The van der Waals surface area contributed by atoms with Gasteiger partial charge in [-0.05, 0) is 19.3 Å². The summed E-state index contributed by atoms with van der Waals surface area (Å²) >= 11 is 0. The number of aliphatic carboxylic acids is 1. The molecule has 1 aliphatic rings. The smallest absolute Gasteiger partial charge is 0.307 e. The summed E-state index contributed by atoms with van der Waals surface area (Å²) < 4.78 is 0. The minimum Gasteiger partial charge on any atom is -0.481 e. The minimum atomic E-state index is -0.948. The Hall–Kier alpha value is -1.85. The molecule has 1 aliphatic carbocycles. The average molecular weight is 254 g/mol. The van der Waals surface area contributed by atoms with Gasteiger partial charge in [0.05, 0.1) is 11.8 Å². The summed E-state index contributed by atoms with van der Waals surface area (Å²) in [6.07, 6.45) is 5.13. The highest BCUT2D eigenvalue weighted by Gasteiger charge is 2.33. The number of primary amides is 1. The molecule has 18 heavy (non-hydrogen) atoms. The summed E-state index contributed by atoms with van der Waals surface area (Å²) in [6, 6.07) is 0. The van der Waals surface area contributed by atoms with Crippen molar-refractivity contribution in [2.45, 2.75) is 25.7 Å². The van der Waals surface area contributed by atoms with E-state index in [4.69, 9.17) is 10.8 Å². The lowest BCUT2D eigenvalue weighted by Crippen LogP contribution is -2.39. The van der Waals surface area contributed by atoms with Gasteiger partial charge in [0.2, 0.25) is 11.8 Å². The third-order valence-electron chi connectivity index (χ3n) is 2.99. The normalized spacial score (nSPS) is 22.4. The summed E-state index contributed by atoms with van der Waals surface area (Å²) in [4.78, 5) is 33.4. The van der Waals surface area contributed by atoms with Crippen LogP contribution < -0.4 is 11.1 Å². The van der Waals surface area contributed by atoms with Crippen molar-refractivity contribution < 1.29 is 19.5 Å². The van der Waals surface area contributed by atoms with Gasteiger partial charge in [0.25, 0.3) is 0 Å². The van der Waals surface area contributed by atoms with Gasteiger partial charge in [-0.1, -0.05) is 12.2 Å². The number of amides is 2. The number of carbonyl (C=O) groups excluding carboxylic acids is 2. The number of rotatable bonds is 6. The van der Waals surface area contributed by atoms with Crippen molar-refractivity contribution >= 4 is 17.8 Å². The maximum atomic E-state index is 11.8. The van der Waals surface area contributed by atoms with Gasteiger partial charge >= 0.3 is 5.97 Å². The van der Waals surface area contributed by atoms with Crippen molar-refractivity contribution in [3.8, 4) is 0 Å². The first kappa shape index (κ1) is 14.2. The fourth-order valence-electron chi connectivity index (χ4n) is 1.98. The molecule has 0 saturated carbocycles. The Kier molecular flexibility index (Phi) is 5.35. The maximum absolute atomic E-state index is 11.8. The van der Waals surface area contributed by atoms with Crippen LogP contribution in [0.3, 0.4) is 0 Å². The number of carboxylic acids is 1. The third kappa shape index (κ3) is 4.20. The molecule has 0 bridgehead atoms. The highest BCUT2D eigenvalue weighted by molar-refractivity contribution is 5.85. The van der Waals surface area contributed by atoms with Crippen LogP contribution in [-0.2, 0) is 14.4 Å². The predicted molar refractivity (Wildman–Crippen MR) is 64.4 cm³/mol. The molecule has 2 amide bonds. The van der Waals surface area contributed by atoms with Gasteiger partial charge in [-0.3, -0.25) is 14.4 Å². The molecular weight excluding hydrogens is 236 g/mol. The van der Waals surface area contributed by atoms with E-state index < -0.39 is 23.7 Å². The summed E-state index contributed by atoms with van der Waals surface area (Å²) in [7, 11) is 0. The Labute approximate surface area is 105 Å². The minimum absolute atomic E-state index is 0.215. The van der Waals surface area contributed by atoms with E-state index in [1.54, 1.807) is 6.08 Å². The van der Waals surface area contributed by atoms with Gasteiger partial charge in [0.1, 0.15) is 0 Å². The molecule has 0 aliphatic heterocycles. The van der Waals surface area contributed by atoms with Crippen LogP contribution in [0, 0.1) is 11.8 Å². The SMILES string of the molecule is NC(=O)CCCNC(=O)C1CC=CCC1C(=O)O. The zero-order valence-electron chi connectivity index (χ0n) is 10.1. The van der Waals surface area contributed by atoms with E-state index in [9.17, 15) is 14.4 Å². The summed E-state index contributed by atoms with van der Waals surface area (Å²) in [5.41, 5.74) is 4.98. The number of hydrogen-bond donors (Lipinski definition) is 3. The lowest BCUT2D eigenvalue weighted by Gasteiger charge is -2.24. The first-order valence-corrected chi connectivity index (χ1v) is 5.96. The molecule has 0 aromatic heterocycles. The van der Waals surface area contributed by atoms with Crippen LogP contribution in [0.4, 0.5) is 0 Å². The second kappa shape index (κ2) is 6.78. The standard InChI is InChI=1S/C12H18N2O4/c13-10(15)6-3-7-14-11(16)8-4-1-2-5-9(8)12(17)18/h1-2,8-9H,3-7H2,(H2,13,15)(H,14,16)(H,17,18). The Balaban J connectivity index is 2.42. The van der Waals surface area contributed by atoms with Crippen LogP contribution in [0.25, 0.3) is 0 Å². The Bertz CT molecular complexity index is 365. The molecule has 0 heterocycles. The van der Waals surface area contributed by atoms with E-state index in [0.29, 0.717) is 25.8 Å². The molecule has 0 fully saturated rings. The lowest BCUT2D eigenvalue weighted by atomic mass is 9.82. The fourth-order valence-corrected chi connectivity index (χ4v) is 1.98. The van der Waals surface area contributed by atoms with E-state index in [1.807, 2.05) is 6.08 Å². The van der Waals surface area contributed by atoms with E-state index in [-0.39, 0.29) is 12.3 Å². The Morgan fingerprint density at radius 2 is 1.83 bits per heavy atom. The van der Waals surface area contributed by atoms with Crippen LogP contribution in [-0.4, -0.2) is 29.4 Å². The van der Waals surface area contributed by atoms with Gasteiger partial charge in [-0.15, -0.1) is 0 Å². The Morgan fingerprint density at radius 3 is 2.39 bits per heavy atom.